The molecule has 166 valence electrons. The van der Waals surface area contributed by atoms with Crippen molar-refractivity contribution in [1.29, 1.82) is 0 Å². The summed E-state index contributed by atoms with van der Waals surface area (Å²) in [6.07, 6.45) is 0.304. The molecule has 32 heavy (non-hydrogen) atoms. The second-order valence-corrected chi connectivity index (χ2v) is 10.8. The van der Waals surface area contributed by atoms with Gasteiger partial charge in [0.15, 0.2) is 9.84 Å². The van der Waals surface area contributed by atoms with Crippen molar-refractivity contribution in [2.45, 2.75) is 31.1 Å². The fraction of sp³-hybridized carbons (Fsp3) is 0.273. The van der Waals surface area contributed by atoms with Crippen molar-refractivity contribution in [1.82, 2.24) is 10.2 Å². The number of sulfone groups is 1. The predicted octanol–water partition coefficient (Wildman–Crippen LogP) is 3.09. The lowest BCUT2D eigenvalue weighted by molar-refractivity contribution is -0.117. The topological polar surface area (TPSA) is 109 Å². The van der Waals surface area contributed by atoms with Crippen molar-refractivity contribution in [3.63, 3.8) is 0 Å². The zero-order chi connectivity index (χ0) is 22.9. The third kappa shape index (κ3) is 4.71. The molecule has 0 aliphatic carbocycles. The molecule has 1 fully saturated rings. The lowest BCUT2D eigenvalue weighted by atomic mass is 10.1. The molecule has 0 bridgehead atoms. The summed E-state index contributed by atoms with van der Waals surface area (Å²) >= 11 is 1.16. The van der Waals surface area contributed by atoms with E-state index < -0.39 is 21.5 Å². The largest absolute Gasteiger partial charge is 0.311 e. The molecule has 2 amide bonds. The molecule has 4 rings (SSSR count). The highest BCUT2D eigenvalue weighted by Gasteiger charge is 2.34. The molecular formula is C22H22N4O4S2. The number of benzene rings is 2. The number of amides is 2. The first-order valence-electron chi connectivity index (χ1n) is 10.0. The van der Waals surface area contributed by atoms with E-state index in [1.165, 1.54) is 12.1 Å². The van der Waals surface area contributed by atoms with Crippen LogP contribution in [0.3, 0.4) is 0 Å². The first-order chi connectivity index (χ1) is 15.2. The Hall–Kier alpha value is -3.11. The van der Waals surface area contributed by atoms with Gasteiger partial charge in [0.05, 0.1) is 4.90 Å². The molecule has 0 spiro atoms. The van der Waals surface area contributed by atoms with Crippen LogP contribution < -0.4 is 10.2 Å². The molecule has 1 saturated heterocycles. The summed E-state index contributed by atoms with van der Waals surface area (Å²) in [5.41, 5.74) is 2.82. The third-order valence-corrected chi connectivity index (χ3v) is 7.90. The number of carbonyl (C=O) groups is 2. The van der Waals surface area contributed by atoms with E-state index in [-0.39, 0.29) is 21.9 Å². The number of nitrogens with zero attached hydrogens (tertiary/aromatic N) is 3. The van der Waals surface area contributed by atoms with Crippen molar-refractivity contribution in [3.05, 3.63) is 64.7 Å². The average molecular weight is 471 g/mol. The van der Waals surface area contributed by atoms with Crippen molar-refractivity contribution in [2.75, 3.05) is 22.5 Å². The number of aromatic nitrogens is 2. The number of carbonyl (C=O) groups excluding carboxylic acids is 2. The zero-order valence-corrected chi connectivity index (χ0v) is 19.2. The number of rotatable bonds is 6. The summed E-state index contributed by atoms with van der Waals surface area (Å²) in [4.78, 5) is 26.7. The van der Waals surface area contributed by atoms with E-state index in [2.05, 4.69) is 15.5 Å². The van der Waals surface area contributed by atoms with Crippen LogP contribution in [0.15, 0.2) is 53.4 Å². The summed E-state index contributed by atoms with van der Waals surface area (Å²) in [5, 5.41) is 11.5. The number of hydrogen-bond donors (Lipinski definition) is 1. The van der Waals surface area contributed by atoms with E-state index in [1.807, 2.05) is 38.1 Å². The fourth-order valence-electron chi connectivity index (χ4n) is 3.58. The summed E-state index contributed by atoms with van der Waals surface area (Å²) in [6.45, 7) is 4.29. The van der Waals surface area contributed by atoms with Crippen LogP contribution >= 0.6 is 11.3 Å². The molecule has 1 aromatic heterocycles. The van der Waals surface area contributed by atoms with Crippen LogP contribution in [0.25, 0.3) is 0 Å². The smallest absolute Gasteiger partial charge is 0.241 e. The van der Waals surface area contributed by atoms with Gasteiger partial charge in [0, 0.05) is 24.6 Å². The van der Waals surface area contributed by atoms with Crippen LogP contribution in [0, 0.1) is 13.8 Å². The number of nitrogens with one attached hydrogen (secondary N) is 1. The number of aryl methyl sites for hydroxylation is 2. The predicted molar refractivity (Wildman–Crippen MR) is 123 cm³/mol. The van der Waals surface area contributed by atoms with Gasteiger partial charge in [0.1, 0.15) is 10.8 Å². The molecule has 0 radical (unpaired) electrons. The van der Waals surface area contributed by atoms with Gasteiger partial charge in [-0.25, -0.2) is 8.42 Å². The minimum atomic E-state index is -3.76. The summed E-state index contributed by atoms with van der Waals surface area (Å²) < 4.78 is 24.9. The van der Waals surface area contributed by atoms with E-state index >= 15 is 0 Å². The Bertz CT molecular complexity index is 1270. The van der Waals surface area contributed by atoms with Crippen LogP contribution in [0.5, 0.6) is 0 Å². The summed E-state index contributed by atoms with van der Waals surface area (Å²) in [7, 11) is -3.76. The normalized spacial score (nSPS) is 16.4. The van der Waals surface area contributed by atoms with Gasteiger partial charge in [-0.05, 0) is 37.6 Å². The van der Waals surface area contributed by atoms with Gasteiger partial charge in [0.2, 0.25) is 16.9 Å². The molecule has 1 aliphatic rings. The Morgan fingerprint density at radius 3 is 2.56 bits per heavy atom. The molecule has 1 atom stereocenters. The van der Waals surface area contributed by atoms with Gasteiger partial charge in [-0.2, -0.15) is 0 Å². The number of anilines is 2. The molecule has 1 aliphatic heterocycles. The van der Waals surface area contributed by atoms with Gasteiger partial charge in [0.25, 0.3) is 0 Å². The molecule has 1 N–H and O–H groups in total. The van der Waals surface area contributed by atoms with Crippen LogP contribution in [0.2, 0.25) is 0 Å². The highest BCUT2D eigenvalue weighted by molar-refractivity contribution is 7.92. The molecule has 10 heteroatoms. The van der Waals surface area contributed by atoms with Gasteiger partial charge >= 0.3 is 0 Å². The van der Waals surface area contributed by atoms with E-state index in [9.17, 15) is 18.0 Å². The van der Waals surface area contributed by atoms with E-state index in [1.54, 1.807) is 17.0 Å². The van der Waals surface area contributed by atoms with Crippen molar-refractivity contribution >= 4 is 43.8 Å². The molecule has 2 aromatic carbocycles. The van der Waals surface area contributed by atoms with E-state index in [0.717, 1.165) is 28.2 Å². The highest BCUT2D eigenvalue weighted by atomic mass is 32.2. The van der Waals surface area contributed by atoms with Crippen LogP contribution in [-0.4, -0.2) is 42.7 Å². The molecule has 2 heterocycles. The molecule has 0 unspecified atom stereocenters. The Balaban J connectivity index is 1.41. The zero-order valence-electron chi connectivity index (χ0n) is 17.6. The van der Waals surface area contributed by atoms with Gasteiger partial charge in [-0.3, -0.25) is 14.9 Å². The maximum absolute atomic E-state index is 12.6. The van der Waals surface area contributed by atoms with E-state index in [4.69, 9.17) is 0 Å². The summed E-state index contributed by atoms with van der Waals surface area (Å²) in [5.74, 6) is -1.50. The molecule has 0 saturated carbocycles. The average Bonchev–Trinajstić information content (AvgIpc) is 3.35. The first kappa shape index (κ1) is 22.1. The fourth-order valence-corrected chi connectivity index (χ4v) is 5.56. The number of para-hydroxylation sites is 1. The monoisotopic (exact) mass is 470 g/mol. The Morgan fingerprint density at radius 2 is 1.84 bits per heavy atom. The molecule has 8 nitrogen and oxygen atoms in total. The van der Waals surface area contributed by atoms with Crippen molar-refractivity contribution in [2.24, 2.45) is 0 Å². The Labute approximate surface area is 190 Å². The van der Waals surface area contributed by atoms with Crippen LogP contribution in [0.1, 0.15) is 28.5 Å². The standard InChI is InChI=1S/C22H22N4O4S2/c1-14-7-9-17(10-8-14)32(29,30)13-19(27)23-22-25-24-21(31-22)16-11-20(28)26(12-16)18-6-4-3-5-15(18)2/h3-10,16H,11-13H2,1-2H3,(H,23,25,27)/t16-/m1/s1. The second kappa shape index (κ2) is 8.79. The third-order valence-electron chi connectivity index (χ3n) is 5.27. The minimum Gasteiger partial charge on any atom is -0.311 e. The maximum Gasteiger partial charge on any atom is 0.241 e. The maximum atomic E-state index is 12.6. The Morgan fingerprint density at radius 1 is 1.12 bits per heavy atom. The van der Waals surface area contributed by atoms with Gasteiger partial charge < -0.3 is 4.90 Å². The molecule has 3 aromatic rings. The van der Waals surface area contributed by atoms with Crippen molar-refractivity contribution < 1.29 is 18.0 Å². The number of hydrogen-bond acceptors (Lipinski definition) is 7. The first-order valence-corrected chi connectivity index (χ1v) is 12.5. The molecular weight excluding hydrogens is 448 g/mol. The SMILES string of the molecule is Cc1ccc(S(=O)(=O)CC(=O)Nc2nnc([C@@H]3CC(=O)N(c4ccccc4C)C3)s2)cc1. The lowest BCUT2D eigenvalue weighted by Gasteiger charge is -2.18. The van der Waals surface area contributed by atoms with Crippen molar-refractivity contribution in [3.8, 4) is 0 Å². The van der Waals surface area contributed by atoms with E-state index in [0.29, 0.717) is 18.0 Å². The lowest BCUT2D eigenvalue weighted by Crippen LogP contribution is -2.25. The van der Waals surface area contributed by atoms with Gasteiger partial charge in [-0.15, -0.1) is 10.2 Å². The van der Waals surface area contributed by atoms with Crippen LogP contribution in [-0.2, 0) is 19.4 Å². The second-order valence-electron chi connectivity index (χ2n) is 7.76. The van der Waals surface area contributed by atoms with Gasteiger partial charge in [-0.1, -0.05) is 47.2 Å². The highest BCUT2D eigenvalue weighted by Crippen LogP contribution is 2.35. The minimum absolute atomic E-state index is 0.00859. The van der Waals surface area contributed by atoms with Crippen LogP contribution in [0.4, 0.5) is 10.8 Å². The quantitative estimate of drug-likeness (QED) is 0.593. The summed E-state index contributed by atoms with van der Waals surface area (Å²) in [6, 6.07) is 14.0. The Kier molecular flexibility index (Phi) is 6.07.